The number of anilines is 1. The Hall–Kier alpha value is -2.08. The molecule has 2 aromatic carbocycles. The zero-order chi connectivity index (χ0) is 16.7. The number of halogens is 1. The van der Waals surface area contributed by atoms with Gasteiger partial charge in [-0.15, -0.1) is 12.4 Å². The van der Waals surface area contributed by atoms with Gasteiger partial charge in [0.2, 0.25) is 5.91 Å². The molecule has 2 aromatic rings. The number of amides is 1. The fourth-order valence-corrected chi connectivity index (χ4v) is 2.03. The van der Waals surface area contributed by atoms with Gasteiger partial charge in [0.05, 0.1) is 12.5 Å². The number of rotatable bonds is 7. The normalized spacial score (nSPS) is 11.3. The number of methoxy groups -OCH3 is 1. The van der Waals surface area contributed by atoms with E-state index in [0.717, 1.165) is 5.75 Å². The minimum absolute atomic E-state index is 0. The minimum Gasteiger partial charge on any atom is -0.457 e. The Bertz CT molecular complexity index is 626. The first kappa shape index (κ1) is 20.0. The Morgan fingerprint density at radius 3 is 2.12 bits per heavy atom. The van der Waals surface area contributed by atoms with Crippen molar-refractivity contribution in [2.45, 2.75) is 19.4 Å². The maximum atomic E-state index is 11.9. The zero-order valence-electron chi connectivity index (χ0n) is 13.8. The zero-order valence-corrected chi connectivity index (χ0v) is 14.6. The van der Waals surface area contributed by atoms with Gasteiger partial charge < -0.3 is 20.5 Å². The molecule has 24 heavy (non-hydrogen) atoms. The van der Waals surface area contributed by atoms with Crippen LogP contribution in [0.5, 0.6) is 11.5 Å². The van der Waals surface area contributed by atoms with Gasteiger partial charge in [-0.2, -0.15) is 0 Å². The monoisotopic (exact) mass is 350 g/mol. The Kier molecular flexibility index (Phi) is 8.26. The van der Waals surface area contributed by atoms with Gasteiger partial charge in [-0.1, -0.05) is 17.7 Å². The minimum atomic E-state index is -0.265. The number of carbonyl (C=O) groups is 1. The van der Waals surface area contributed by atoms with Crippen molar-refractivity contribution in [1.82, 2.24) is 0 Å². The van der Waals surface area contributed by atoms with Crippen LogP contribution in [-0.2, 0) is 9.53 Å². The van der Waals surface area contributed by atoms with E-state index in [-0.39, 0.29) is 30.8 Å². The van der Waals surface area contributed by atoms with E-state index < -0.39 is 0 Å². The summed E-state index contributed by atoms with van der Waals surface area (Å²) in [7, 11) is 1.54. The lowest BCUT2D eigenvalue weighted by Gasteiger charge is -2.13. The summed E-state index contributed by atoms with van der Waals surface area (Å²) >= 11 is 0. The lowest BCUT2D eigenvalue weighted by molar-refractivity contribution is -0.118. The second-order valence-corrected chi connectivity index (χ2v) is 5.29. The second-order valence-electron chi connectivity index (χ2n) is 5.29. The van der Waals surface area contributed by atoms with Crippen LogP contribution in [0.3, 0.4) is 0 Å². The largest absolute Gasteiger partial charge is 0.457 e. The molecule has 0 heterocycles. The van der Waals surface area contributed by atoms with Crippen LogP contribution in [0.2, 0.25) is 0 Å². The summed E-state index contributed by atoms with van der Waals surface area (Å²) in [6.45, 7) is 2.34. The van der Waals surface area contributed by atoms with Crippen LogP contribution in [0, 0.1) is 6.92 Å². The maximum Gasteiger partial charge on any atom is 0.227 e. The average Bonchev–Trinajstić information content (AvgIpc) is 2.56. The summed E-state index contributed by atoms with van der Waals surface area (Å²) < 4.78 is 10.8. The van der Waals surface area contributed by atoms with Crippen molar-refractivity contribution in [3.63, 3.8) is 0 Å². The van der Waals surface area contributed by atoms with Crippen LogP contribution in [0.4, 0.5) is 5.69 Å². The van der Waals surface area contributed by atoms with Crippen molar-refractivity contribution >= 4 is 24.0 Å². The average molecular weight is 351 g/mol. The van der Waals surface area contributed by atoms with Crippen LogP contribution < -0.4 is 15.8 Å². The topological polar surface area (TPSA) is 73.6 Å². The summed E-state index contributed by atoms with van der Waals surface area (Å²) in [5.74, 6) is 1.36. The summed E-state index contributed by atoms with van der Waals surface area (Å²) in [5.41, 5.74) is 7.40. The van der Waals surface area contributed by atoms with Crippen molar-refractivity contribution in [3.8, 4) is 11.5 Å². The Morgan fingerprint density at radius 1 is 1.08 bits per heavy atom. The third-order valence-electron chi connectivity index (χ3n) is 3.40. The van der Waals surface area contributed by atoms with Crippen LogP contribution in [0.15, 0.2) is 48.5 Å². The molecule has 130 valence electrons. The Morgan fingerprint density at radius 2 is 1.62 bits per heavy atom. The van der Waals surface area contributed by atoms with Crippen LogP contribution in [0.25, 0.3) is 0 Å². The SMILES string of the molecule is COC(CN)CC(=O)Nc1ccc(Oc2ccc(C)cc2)cc1.Cl. The van der Waals surface area contributed by atoms with Gasteiger partial charge in [-0.3, -0.25) is 4.79 Å². The van der Waals surface area contributed by atoms with Gasteiger partial charge in [0.25, 0.3) is 0 Å². The van der Waals surface area contributed by atoms with Crippen molar-refractivity contribution in [2.24, 2.45) is 5.73 Å². The molecular formula is C18H23ClN2O3. The molecule has 0 fully saturated rings. The molecule has 1 amide bonds. The molecule has 1 atom stereocenters. The molecule has 6 heteroatoms. The van der Waals surface area contributed by atoms with Gasteiger partial charge in [-0.25, -0.2) is 0 Å². The number of aryl methyl sites for hydroxylation is 1. The van der Waals surface area contributed by atoms with E-state index in [4.69, 9.17) is 15.2 Å². The molecule has 5 nitrogen and oxygen atoms in total. The second kappa shape index (κ2) is 9.93. The molecule has 0 saturated carbocycles. The molecule has 0 bridgehead atoms. The highest BCUT2D eigenvalue weighted by Crippen LogP contribution is 2.23. The van der Waals surface area contributed by atoms with Crippen LogP contribution >= 0.6 is 12.4 Å². The molecule has 0 radical (unpaired) electrons. The predicted molar refractivity (Wildman–Crippen MR) is 98.0 cm³/mol. The third-order valence-corrected chi connectivity index (χ3v) is 3.40. The van der Waals surface area contributed by atoms with Gasteiger partial charge in [0.1, 0.15) is 11.5 Å². The van der Waals surface area contributed by atoms with E-state index >= 15 is 0 Å². The lowest BCUT2D eigenvalue weighted by Crippen LogP contribution is -2.28. The maximum absolute atomic E-state index is 11.9. The number of nitrogens with one attached hydrogen (secondary N) is 1. The highest BCUT2D eigenvalue weighted by molar-refractivity contribution is 5.91. The van der Waals surface area contributed by atoms with E-state index in [1.165, 1.54) is 5.56 Å². The molecule has 0 saturated heterocycles. The van der Waals surface area contributed by atoms with Crippen molar-refractivity contribution in [2.75, 3.05) is 19.0 Å². The fourth-order valence-electron chi connectivity index (χ4n) is 2.03. The van der Waals surface area contributed by atoms with E-state index in [1.54, 1.807) is 19.2 Å². The number of benzene rings is 2. The molecule has 0 spiro atoms. The predicted octanol–water partition coefficient (Wildman–Crippen LogP) is 3.51. The summed E-state index contributed by atoms with van der Waals surface area (Å²) in [4.78, 5) is 11.9. The van der Waals surface area contributed by atoms with Crippen molar-refractivity contribution in [3.05, 3.63) is 54.1 Å². The summed E-state index contributed by atoms with van der Waals surface area (Å²) in [6.07, 6.45) is -0.0339. The van der Waals surface area contributed by atoms with Crippen LogP contribution in [-0.4, -0.2) is 25.7 Å². The smallest absolute Gasteiger partial charge is 0.227 e. The molecular weight excluding hydrogens is 328 g/mol. The van der Waals surface area contributed by atoms with Gasteiger partial charge >= 0.3 is 0 Å². The molecule has 1 unspecified atom stereocenters. The number of nitrogens with two attached hydrogens (primary N) is 1. The molecule has 0 aliphatic heterocycles. The highest BCUT2D eigenvalue weighted by Gasteiger charge is 2.11. The first-order valence-electron chi connectivity index (χ1n) is 7.48. The van der Waals surface area contributed by atoms with E-state index in [1.807, 2.05) is 43.3 Å². The van der Waals surface area contributed by atoms with E-state index in [2.05, 4.69) is 5.32 Å². The third kappa shape index (κ3) is 6.20. The molecule has 0 aliphatic carbocycles. The Balaban J connectivity index is 0.00000288. The Labute approximate surface area is 148 Å². The standard InChI is InChI=1S/C18H22N2O3.ClH/c1-13-3-7-15(8-4-13)23-16-9-5-14(6-10-16)20-18(21)11-17(12-19)22-2;/h3-10,17H,11-12,19H2,1-2H3,(H,20,21);1H. The quantitative estimate of drug-likeness (QED) is 0.801. The highest BCUT2D eigenvalue weighted by atomic mass is 35.5. The molecule has 0 aromatic heterocycles. The number of hydrogen-bond donors (Lipinski definition) is 2. The summed E-state index contributed by atoms with van der Waals surface area (Å²) in [5, 5.41) is 2.81. The molecule has 0 aliphatic rings. The van der Waals surface area contributed by atoms with E-state index in [9.17, 15) is 4.79 Å². The van der Waals surface area contributed by atoms with E-state index in [0.29, 0.717) is 18.0 Å². The molecule has 3 N–H and O–H groups in total. The number of carbonyl (C=O) groups excluding carboxylic acids is 1. The van der Waals surface area contributed by atoms with Gasteiger partial charge in [0, 0.05) is 19.3 Å². The molecule has 2 rings (SSSR count). The fraction of sp³-hybridized carbons (Fsp3) is 0.278. The number of ether oxygens (including phenoxy) is 2. The summed E-state index contributed by atoms with van der Waals surface area (Å²) in [6, 6.07) is 15.0. The lowest BCUT2D eigenvalue weighted by atomic mass is 10.2. The van der Waals surface area contributed by atoms with Gasteiger partial charge in [-0.05, 0) is 43.3 Å². The van der Waals surface area contributed by atoms with Gasteiger partial charge in [0.15, 0.2) is 0 Å². The number of hydrogen-bond acceptors (Lipinski definition) is 4. The first-order chi connectivity index (χ1) is 11.1. The van der Waals surface area contributed by atoms with Crippen molar-refractivity contribution in [1.29, 1.82) is 0 Å². The first-order valence-corrected chi connectivity index (χ1v) is 7.48. The van der Waals surface area contributed by atoms with Crippen LogP contribution in [0.1, 0.15) is 12.0 Å². The van der Waals surface area contributed by atoms with Crippen molar-refractivity contribution < 1.29 is 14.3 Å².